The van der Waals surface area contributed by atoms with Crippen LogP contribution >= 0.6 is 22.9 Å². The second-order valence-corrected chi connectivity index (χ2v) is 9.40. The summed E-state index contributed by atoms with van der Waals surface area (Å²) in [5.41, 5.74) is 1.02. The van der Waals surface area contributed by atoms with Gasteiger partial charge in [-0.25, -0.2) is 9.78 Å². The van der Waals surface area contributed by atoms with Crippen molar-refractivity contribution in [2.45, 2.75) is 13.0 Å². The molecule has 9 nitrogen and oxygen atoms in total. The number of amides is 1. The van der Waals surface area contributed by atoms with Gasteiger partial charge >= 0.3 is 11.9 Å². The normalized spacial score (nSPS) is 18.4. The Morgan fingerprint density at radius 1 is 1.14 bits per heavy atom. The Hall–Kier alpha value is -3.89. The number of Topliss-reactive ketones (excluding diaryl/α,β-unsaturated/α-hetero) is 1. The van der Waals surface area contributed by atoms with Gasteiger partial charge in [-0.05, 0) is 42.8 Å². The third-order valence-electron chi connectivity index (χ3n) is 5.81. The molecule has 0 spiro atoms. The number of ether oxygens (including phenoxy) is 3. The third kappa shape index (κ3) is 3.98. The van der Waals surface area contributed by atoms with Crippen molar-refractivity contribution in [1.82, 2.24) is 4.98 Å². The van der Waals surface area contributed by atoms with E-state index in [4.69, 9.17) is 25.8 Å². The molecule has 0 aliphatic carbocycles. The predicted octanol–water partition coefficient (Wildman–Crippen LogP) is 4.29. The standard InChI is InChI=1S/C25H19ClN2O7S/c1-12-22(24(32)33-2)36-25(27-12)28-19(13-3-6-15(26)7-4-13)18(21(30)23(28)31)20(29)14-5-8-16-17(11-14)35-10-9-34-16/h3-8,11,19,29H,9-10H2,1-2H3/b20-18+. The molecule has 3 heterocycles. The summed E-state index contributed by atoms with van der Waals surface area (Å²) in [5.74, 6) is -1.84. The van der Waals surface area contributed by atoms with E-state index in [2.05, 4.69) is 4.98 Å². The number of thiazole rings is 1. The Morgan fingerprint density at radius 2 is 1.83 bits per heavy atom. The maximum absolute atomic E-state index is 13.3. The molecule has 2 aliphatic rings. The maximum atomic E-state index is 13.3. The minimum atomic E-state index is -1.02. The van der Waals surface area contributed by atoms with E-state index >= 15 is 0 Å². The number of hydrogen-bond donors (Lipinski definition) is 1. The lowest BCUT2D eigenvalue weighted by atomic mass is 9.95. The largest absolute Gasteiger partial charge is 0.507 e. The maximum Gasteiger partial charge on any atom is 0.350 e. The molecule has 184 valence electrons. The Balaban J connectivity index is 1.68. The van der Waals surface area contributed by atoms with Gasteiger partial charge in [0.25, 0.3) is 5.78 Å². The number of anilines is 1. The van der Waals surface area contributed by atoms with Crippen LogP contribution in [-0.2, 0) is 14.3 Å². The van der Waals surface area contributed by atoms with Crippen molar-refractivity contribution >= 4 is 51.5 Å². The van der Waals surface area contributed by atoms with Gasteiger partial charge in [-0.2, -0.15) is 0 Å². The Bertz CT molecular complexity index is 1430. The molecule has 3 aromatic rings. The van der Waals surface area contributed by atoms with Crippen LogP contribution < -0.4 is 14.4 Å². The molecule has 1 atom stereocenters. The molecule has 5 rings (SSSR count). The van der Waals surface area contributed by atoms with Crippen LogP contribution in [0.2, 0.25) is 5.02 Å². The highest BCUT2D eigenvalue weighted by molar-refractivity contribution is 7.17. The average Bonchev–Trinajstić information content (AvgIpc) is 3.40. The number of ketones is 1. The molecular formula is C25H19ClN2O7S. The first-order valence-electron chi connectivity index (χ1n) is 10.8. The highest BCUT2D eigenvalue weighted by Gasteiger charge is 2.48. The molecule has 0 radical (unpaired) electrons. The van der Waals surface area contributed by atoms with Gasteiger partial charge in [-0.1, -0.05) is 35.1 Å². The molecule has 1 unspecified atom stereocenters. The Labute approximate surface area is 214 Å². The van der Waals surface area contributed by atoms with E-state index in [9.17, 15) is 19.5 Å². The first-order chi connectivity index (χ1) is 17.3. The number of aliphatic hydroxyl groups is 1. The number of aliphatic hydroxyl groups excluding tert-OH is 1. The van der Waals surface area contributed by atoms with E-state index in [1.807, 2.05) is 0 Å². The zero-order valence-corrected chi connectivity index (χ0v) is 20.7. The first-order valence-corrected chi connectivity index (χ1v) is 12.0. The number of hydrogen-bond acceptors (Lipinski definition) is 9. The number of esters is 1. The van der Waals surface area contributed by atoms with Crippen LogP contribution in [0.15, 0.2) is 48.0 Å². The second-order valence-electron chi connectivity index (χ2n) is 7.98. The monoisotopic (exact) mass is 526 g/mol. The Morgan fingerprint density at radius 3 is 2.53 bits per heavy atom. The zero-order valence-electron chi connectivity index (χ0n) is 19.1. The van der Waals surface area contributed by atoms with Gasteiger partial charge in [0.1, 0.15) is 23.9 Å². The van der Waals surface area contributed by atoms with Gasteiger partial charge in [0.05, 0.1) is 24.4 Å². The van der Waals surface area contributed by atoms with E-state index in [0.717, 1.165) is 11.3 Å². The van der Waals surface area contributed by atoms with Crippen LogP contribution in [0.1, 0.15) is 32.5 Å². The number of carbonyl (C=O) groups is 3. The SMILES string of the molecule is COC(=O)c1sc(N2C(=O)C(=O)/C(=C(/O)c3ccc4c(c3)OCCO4)C2c2ccc(Cl)cc2)nc1C. The van der Waals surface area contributed by atoms with Crippen molar-refractivity contribution in [1.29, 1.82) is 0 Å². The molecule has 11 heteroatoms. The summed E-state index contributed by atoms with van der Waals surface area (Å²) in [7, 11) is 1.24. The van der Waals surface area contributed by atoms with Crippen molar-refractivity contribution in [2.75, 3.05) is 25.2 Å². The highest BCUT2D eigenvalue weighted by atomic mass is 35.5. The van der Waals surface area contributed by atoms with Crippen LogP contribution in [0.3, 0.4) is 0 Å². The molecule has 1 fully saturated rings. The molecule has 0 bridgehead atoms. The zero-order chi connectivity index (χ0) is 25.6. The quantitative estimate of drug-likeness (QED) is 0.232. The number of benzene rings is 2. The van der Waals surface area contributed by atoms with E-state index in [-0.39, 0.29) is 26.9 Å². The smallest absolute Gasteiger partial charge is 0.350 e. The van der Waals surface area contributed by atoms with Crippen LogP contribution in [0.25, 0.3) is 5.76 Å². The topological polar surface area (TPSA) is 115 Å². The number of carbonyl (C=O) groups excluding carboxylic acids is 3. The van der Waals surface area contributed by atoms with Crippen LogP contribution in [0.4, 0.5) is 5.13 Å². The number of aromatic nitrogens is 1. The predicted molar refractivity (Wildman–Crippen MR) is 132 cm³/mol. The van der Waals surface area contributed by atoms with E-state index in [0.29, 0.717) is 41.0 Å². The molecule has 2 aromatic carbocycles. The van der Waals surface area contributed by atoms with Gasteiger partial charge in [-0.15, -0.1) is 0 Å². The van der Waals surface area contributed by atoms with Crippen LogP contribution in [0, 0.1) is 6.92 Å². The first kappa shape index (κ1) is 23.8. The molecule has 0 saturated carbocycles. The fourth-order valence-corrected chi connectivity index (χ4v) is 5.24. The second kappa shape index (κ2) is 9.29. The minimum absolute atomic E-state index is 0.121. The fraction of sp³-hybridized carbons (Fsp3) is 0.200. The average molecular weight is 527 g/mol. The number of rotatable bonds is 4. The summed E-state index contributed by atoms with van der Waals surface area (Å²) in [5, 5.41) is 11.9. The summed E-state index contributed by atoms with van der Waals surface area (Å²) >= 11 is 7.00. The molecule has 2 aliphatic heterocycles. The van der Waals surface area contributed by atoms with Crippen molar-refractivity contribution in [3.63, 3.8) is 0 Å². The van der Waals surface area contributed by atoms with Gasteiger partial charge in [0.2, 0.25) is 0 Å². The highest BCUT2D eigenvalue weighted by Crippen LogP contribution is 2.45. The minimum Gasteiger partial charge on any atom is -0.507 e. The molecule has 1 N–H and O–H groups in total. The summed E-state index contributed by atoms with van der Waals surface area (Å²) in [6.07, 6.45) is 0. The van der Waals surface area contributed by atoms with Crippen LogP contribution in [-0.4, -0.2) is 48.1 Å². The number of nitrogens with zero attached hydrogens (tertiary/aromatic N) is 2. The summed E-state index contributed by atoms with van der Waals surface area (Å²) in [4.78, 5) is 44.5. The lowest BCUT2D eigenvalue weighted by Gasteiger charge is -2.23. The van der Waals surface area contributed by atoms with Crippen molar-refractivity contribution in [2.24, 2.45) is 0 Å². The van der Waals surface area contributed by atoms with Crippen LogP contribution in [0.5, 0.6) is 11.5 Å². The van der Waals surface area contributed by atoms with E-state index in [1.165, 1.54) is 12.0 Å². The van der Waals surface area contributed by atoms with Crippen molar-refractivity contribution < 1.29 is 33.7 Å². The van der Waals surface area contributed by atoms with Gasteiger partial charge < -0.3 is 19.3 Å². The fourth-order valence-electron chi connectivity index (χ4n) is 4.10. The molecular weight excluding hydrogens is 508 g/mol. The number of methoxy groups -OCH3 is 1. The van der Waals surface area contributed by atoms with E-state index < -0.39 is 23.7 Å². The van der Waals surface area contributed by atoms with Gasteiger partial charge in [-0.3, -0.25) is 14.5 Å². The summed E-state index contributed by atoms with van der Waals surface area (Å²) < 4.78 is 15.9. The summed E-state index contributed by atoms with van der Waals surface area (Å²) in [6, 6.07) is 10.3. The van der Waals surface area contributed by atoms with Gasteiger partial charge in [0.15, 0.2) is 16.6 Å². The van der Waals surface area contributed by atoms with E-state index in [1.54, 1.807) is 49.4 Å². The lowest BCUT2D eigenvalue weighted by Crippen LogP contribution is -2.29. The van der Waals surface area contributed by atoms with Gasteiger partial charge in [0, 0.05) is 10.6 Å². The number of halogens is 1. The van der Waals surface area contributed by atoms with Crippen molar-refractivity contribution in [3.8, 4) is 11.5 Å². The molecule has 1 amide bonds. The molecule has 1 saturated heterocycles. The number of fused-ring (bicyclic) bond motifs is 1. The van der Waals surface area contributed by atoms with Crippen molar-refractivity contribution in [3.05, 3.63) is 74.8 Å². The summed E-state index contributed by atoms with van der Waals surface area (Å²) in [6.45, 7) is 2.36. The molecule has 1 aromatic heterocycles. The number of aryl methyl sites for hydroxylation is 1. The Kier molecular flexibility index (Phi) is 6.15. The third-order valence-corrected chi connectivity index (χ3v) is 7.20. The lowest BCUT2D eigenvalue weighted by molar-refractivity contribution is -0.132. The molecule has 36 heavy (non-hydrogen) atoms.